The standard InChI is InChI=1S/C7H3N.C2H2/c8-4-5-1-6-3-7(6)2-5;1-2/h1-3H;1-2H. The first kappa shape index (κ1) is 6.39. The van der Waals surface area contributed by atoms with E-state index >= 15 is 0 Å². The molecule has 1 heteroatoms. The zero-order chi connectivity index (χ0) is 7.56. The average molecular weight is 127 g/mol. The molecule has 0 aromatic carbocycles. The molecule has 0 fully saturated rings. The number of nitrogens with zero attached hydrogens (tertiary/aromatic N) is 1. The van der Waals surface area contributed by atoms with Crippen LogP contribution < -0.4 is 0 Å². The van der Waals surface area contributed by atoms with E-state index in [1.54, 1.807) is 0 Å². The van der Waals surface area contributed by atoms with Crippen molar-refractivity contribution in [2.75, 3.05) is 0 Å². The Morgan fingerprint density at radius 1 is 1.10 bits per heavy atom. The van der Waals surface area contributed by atoms with Crippen LogP contribution in [0.5, 0.6) is 0 Å². The topological polar surface area (TPSA) is 23.8 Å². The molecule has 0 spiro atoms. The molecule has 0 unspecified atom stereocenters. The van der Waals surface area contributed by atoms with Crippen LogP contribution >= 0.6 is 0 Å². The molecule has 0 radical (unpaired) electrons. The molecule has 2 aliphatic rings. The number of fused-ring (bicyclic) bond motifs is 1. The van der Waals surface area contributed by atoms with Crippen LogP contribution in [0.4, 0.5) is 0 Å². The van der Waals surface area contributed by atoms with E-state index in [9.17, 15) is 0 Å². The second-order valence-electron chi connectivity index (χ2n) is 1.91. The van der Waals surface area contributed by atoms with Gasteiger partial charge in [-0.05, 0) is 29.3 Å². The third-order valence-electron chi connectivity index (χ3n) is 1.31. The summed E-state index contributed by atoms with van der Waals surface area (Å²) in [6.07, 6.45) is 8.00. The molecule has 0 N–H and O–H groups in total. The molecular formula is C9H5N. The summed E-state index contributed by atoms with van der Waals surface area (Å²) in [7, 11) is 0. The Morgan fingerprint density at radius 2 is 1.60 bits per heavy atom. The number of hydrogen-bond acceptors (Lipinski definition) is 1. The van der Waals surface area contributed by atoms with Crippen molar-refractivity contribution < 1.29 is 0 Å². The summed E-state index contributed by atoms with van der Waals surface area (Å²) >= 11 is 0. The van der Waals surface area contributed by atoms with Crippen molar-refractivity contribution in [2.24, 2.45) is 0 Å². The highest BCUT2D eigenvalue weighted by Gasteiger charge is 2.12. The normalized spacial score (nSPS) is 8.50. The van der Waals surface area contributed by atoms with Crippen LogP contribution in [-0.4, -0.2) is 0 Å². The maximum atomic E-state index is 8.31. The Bertz CT molecular complexity index is 295. The SMILES string of the molecule is C#C.N#Cc1cc2cc-2c1. The smallest absolute Gasteiger partial charge is 0.0992 e. The molecule has 0 aliphatic heterocycles. The van der Waals surface area contributed by atoms with E-state index in [0.717, 1.165) is 5.56 Å². The van der Waals surface area contributed by atoms with E-state index in [2.05, 4.69) is 25.0 Å². The van der Waals surface area contributed by atoms with Gasteiger partial charge in [0, 0.05) is 0 Å². The third kappa shape index (κ3) is 0.855. The lowest BCUT2D eigenvalue weighted by molar-refractivity contribution is 1.51. The summed E-state index contributed by atoms with van der Waals surface area (Å²) < 4.78 is 0. The molecule has 0 saturated carbocycles. The first-order chi connectivity index (χ1) is 4.90. The molecule has 1 nitrogen and oxygen atoms in total. The number of hydrogen-bond donors (Lipinski definition) is 0. The van der Waals surface area contributed by atoms with Gasteiger partial charge in [-0.2, -0.15) is 5.26 Å². The lowest BCUT2D eigenvalue weighted by Gasteiger charge is -1.66. The first-order valence-electron chi connectivity index (χ1n) is 2.79. The number of benzene rings is 1. The van der Waals surface area contributed by atoms with Crippen molar-refractivity contribution in [1.82, 2.24) is 0 Å². The maximum absolute atomic E-state index is 8.31. The molecular weight excluding hydrogens is 122 g/mol. The van der Waals surface area contributed by atoms with Gasteiger partial charge in [0.15, 0.2) is 0 Å². The Morgan fingerprint density at radius 3 is 1.90 bits per heavy atom. The summed E-state index contributed by atoms with van der Waals surface area (Å²) in [6, 6.07) is 7.92. The zero-order valence-corrected chi connectivity index (χ0v) is 5.33. The van der Waals surface area contributed by atoms with Gasteiger partial charge in [-0.3, -0.25) is 0 Å². The first-order valence-corrected chi connectivity index (χ1v) is 2.79. The van der Waals surface area contributed by atoms with Gasteiger partial charge in [0.25, 0.3) is 0 Å². The van der Waals surface area contributed by atoms with Gasteiger partial charge in [-0.1, -0.05) is 0 Å². The van der Waals surface area contributed by atoms with Gasteiger partial charge < -0.3 is 0 Å². The zero-order valence-electron chi connectivity index (χ0n) is 5.33. The van der Waals surface area contributed by atoms with E-state index < -0.39 is 0 Å². The highest BCUT2D eigenvalue weighted by atomic mass is 14.3. The summed E-state index contributed by atoms with van der Waals surface area (Å²) in [5.74, 6) is 0. The van der Waals surface area contributed by atoms with E-state index in [1.165, 1.54) is 11.1 Å². The van der Waals surface area contributed by atoms with Gasteiger partial charge in [-0.15, -0.1) is 12.8 Å². The minimum Gasteiger partial charge on any atom is -0.192 e. The molecule has 2 aliphatic carbocycles. The summed E-state index contributed by atoms with van der Waals surface area (Å²) in [4.78, 5) is 0. The minimum absolute atomic E-state index is 0.789. The molecule has 0 aromatic heterocycles. The Kier molecular flexibility index (Phi) is 1.44. The monoisotopic (exact) mass is 127 g/mol. The quantitative estimate of drug-likeness (QED) is 0.495. The van der Waals surface area contributed by atoms with Crippen LogP contribution in [0.3, 0.4) is 0 Å². The predicted octanol–water partition coefficient (Wildman–Crippen LogP) is 1.79. The Labute approximate surface area is 59.9 Å². The molecule has 0 bridgehead atoms. The minimum atomic E-state index is 0.789. The molecule has 10 heavy (non-hydrogen) atoms. The summed E-state index contributed by atoms with van der Waals surface area (Å²) in [5, 5.41) is 8.31. The second-order valence-corrected chi connectivity index (χ2v) is 1.91. The largest absolute Gasteiger partial charge is 0.192 e. The van der Waals surface area contributed by atoms with Gasteiger partial charge in [0.05, 0.1) is 11.6 Å². The molecule has 0 amide bonds. The van der Waals surface area contributed by atoms with Crippen molar-refractivity contribution in [3.8, 4) is 30.0 Å². The van der Waals surface area contributed by atoms with E-state index in [0.29, 0.717) is 0 Å². The van der Waals surface area contributed by atoms with Gasteiger partial charge in [-0.25, -0.2) is 0 Å². The van der Waals surface area contributed by atoms with Crippen molar-refractivity contribution >= 4 is 0 Å². The van der Waals surface area contributed by atoms with E-state index in [1.807, 2.05) is 12.1 Å². The molecule has 0 saturated heterocycles. The summed E-state index contributed by atoms with van der Waals surface area (Å²) in [5.41, 5.74) is 3.26. The average Bonchev–Trinajstić information content (AvgIpc) is 2.63. The van der Waals surface area contributed by atoms with Crippen LogP contribution in [0.25, 0.3) is 11.1 Å². The summed E-state index contributed by atoms with van der Waals surface area (Å²) in [6.45, 7) is 0. The number of nitriles is 1. The van der Waals surface area contributed by atoms with Crippen molar-refractivity contribution in [3.05, 3.63) is 23.8 Å². The van der Waals surface area contributed by atoms with Crippen LogP contribution in [0.2, 0.25) is 0 Å². The molecule has 0 heterocycles. The van der Waals surface area contributed by atoms with Gasteiger partial charge >= 0.3 is 0 Å². The molecule has 0 aromatic rings. The highest BCUT2D eigenvalue weighted by Crippen LogP contribution is 2.35. The Balaban J connectivity index is 0.000000231. The molecule has 0 atom stereocenters. The maximum Gasteiger partial charge on any atom is 0.0992 e. The van der Waals surface area contributed by atoms with Crippen LogP contribution in [0.1, 0.15) is 5.56 Å². The van der Waals surface area contributed by atoms with E-state index in [4.69, 9.17) is 5.26 Å². The van der Waals surface area contributed by atoms with Crippen molar-refractivity contribution in [3.63, 3.8) is 0 Å². The van der Waals surface area contributed by atoms with Crippen LogP contribution in [-0.2, 0) is 0 Å². The van der Waals surface area contributed by atoms with E-state index in [-0.39, 0.29) is 0 Å². The number of terminal acetylenes is 1. The van der Waals surface area contributed by atoms with Gasteiger partial charge in [0.1, 0.15) is 0 Å². The highest BCUT2D eigenvalue weighted by molar-refractivity contribution is 5.83. The predicted molar refractivity (Wildman–Crippen MR) is 40.0 cm³/mol. The molecule has 2 rings (SSSR count). The third-order valence-corrected chi connectivity index (χ3v) is 1.31. The number of rotatable bonds is 0. The second kappa shape index (κ2) is 2.25. The van der Waals surface area contributed by atoms with Crippen LogP contribution in [0, 0.1) is 24.2 Å². The fourth-order valence-corrected chi connectivity index (χ4v) is 0.823. The van der Waals surface area contributed by atoms with Gasteiger partial charge in [0.2, 0.25) is 0 Å². The van der Waals surface area contributed by atoms with Crippen molar-refractivity contribution in [2.45, 2.75) is 0 Å². The fourth-order valence-electron chi connectivity index (χ4n) is 0.823. The lowest BCUT2D eigenvalue weighted by Crippen LogP contribution is -1.56. The lowest BCUT2D eigenvalue weighted by atomic mass is 10.4. The van der Waals surface area contributed by atoms with Crippen molar-refractivity contribution in [1.29, 1.82) is 5.26 Å². The Hall–Kier alpha value is -1.73. The fraction of sp³-hybridized carbons (Fsp3) is 0. The van der Waals surface area contributed by atoms with Crippen LogP contribution in [0.15, 0.2) is 18.2 Å². The molecule has 46 valence electrons.